The summed E-state index contributed by atoms with van der Waals surface area (Å²) in [7, 11) is 1.74. The number of nitrogens with one attached hydrogen (secondary N) is 2. The Morgan fingerprint density at radius 2 is 1.76 bits per heavy atom. The fraction of sp³-hybridized carbons (Fsp3) is 0.636. The molecule has 0 aromatic heterocycles. The number of benzene rings is 1. The Bertz CT molecular complexity index is 624. The van der Waals surface area contributed by atoms with E-state index in [0.29, 0.717) is 13.1 Å². The molecule has 29 heavy (non-hydrogen) atoms. The van der Waals surface area contributed by atoms with Crippen LogP contribution < -0.4 is 10.6 Å². The van der Waals surface area contributed by atoms with Gasteiger partial charge in [0.15, 0.2) is 5.96 Å². The standard InChI is InChI=1S/C22H38N4O3/c1-7-23-20(24-14-9-15-28-8-2)25-16-18-10-12-19(13-11-18)17-26(6)21(27)29-22(3,4)5/h10-13H,7-9,14-17H2,1-6H3,(H2,23,24,25). The van der Waals surface area contributed by atoms with Crippen LogP contribution >= 0.6 is 0 Å². The van der Waals surface area contributed by atoms with Gasteiger partial charge in [0.1, 0.15) is 5.60 Å². The average Bonchev–Trinajstić information content (AvgIpc) is 2.65. The number of hydrogen-bond donors (Lipinski definition) is 2. The lowest BCUT2D eigenvalue weighted by Gasteiger charge is -2.24. The van der Waals surface area contributed by atoms with Crippen LogP contribution in [0.15, 0.2) is 29.3 Å². The first-order chi connectivity index (χ1) is 13.7. The molecule has 0 fully saturated rings. The average molecular weight is 407 g/mol. The molecule has 0 saturated heterocycles. The largest absolute Gasteiger partial charge is 0.444 e. The molecule has 7 heteroatoms. The zero-order valence-corrected chi connectivity index (χ0v) is 18.9. The summed E-state index contributed by atoms with van der Waals surface area (Å²) in [6, 6.07) is 8.13. The van der Waals surface area contributed by atoms with Gasteiger partial charge < -0.3 is 25.0 Å². The monoisotopic (exact) mass is 406 g/mol. The molecule has 0 atom stereocenters. The van der Waals surface area contributed by atoms with E-state index in [1.165, 1.54) is 0 Å². The van der Waals surface area contributed by atoms with Crippen molar-refractivity contribution in [2.45, 2.75) is 59.7 Å². The van der Waals surface area contributed by atoms with Crippen molar-refractivity contribution < 1.29 is 14.3 Å². The number of amides is 1. The van der Waals surface area contributed by atoms with Gasteiger partial charge >= 0.3 is 6.09 Å². The molecule has 0 radical (unpaired) electrons. The molecule has 0 aliphatic carbocycles. The van der Waals surface area contributed by atoms with E-state index < -0.39 is 5.60 Å². The maximum absolute atomic E-state index is 12.1. The highest BCUT2D eigenvalue weighted by atomic mass is 16.6. The predicted molar refractivity (Wildman–Crippen MR) is 118 cm³/mol. The zero-order chi connectivity index (χ0) is 21.7. The van der Waals surface area contributed by atoms with Crippen LogP contribution in [0.3, 0.4) is 0 Å². The van der Waals surface area contributed by atoms with Crippen LogP contribution in [0.25, 0.3) is 0 Å². The van der Waals surface area contributed by atoms with E-state index >= 15 is 0 Å². The Morgan fingerprint density at radius 1 is 1.10 bits per heavy atom. The van der Waals surface area contributed by atoms with Crippen LogP contribution in [0.1, 0.15) is 52.2 Å². The van der Waals surface area contributed by atoms with Gasteiger partial charge in [-0.2, -0.15) is 0 Å². The topological polar surface area (TPSA) is 75.2 Å². The third kappa shape index (κ3) is 11.3. The van der Waals surface area contributed by atoms with Crippen molar-refractivity contribution in [3.8, 4) is 0 Å². The summed E-state index contributed by atoms with van der Waals surface area (Å²) in [6.07, 6.45) is 0.620. The summed E-state index contributed by atoms with van der Waals surface area (Å²) in [6.45, 7) is 13.9. The van der Waals surface area contributed by atoms with Crippen molar-refractivity contribution in [3.63, 3.8) is 0 Å². The van der Waals surface area contributed by atoms with Gasteiger partial charge in [0.25, 0.3) is 0 Å². The van der Waals surface area contributed by atoms with E-state index in [4.69, 9.17) is 9.47 Å². The second kappa shape index (κ2) is 13.0. The number of carbonyl (C=O) groups is 1. The van der Waals surface area contributed by atoms with Crippen LogP contribution in [0.2, 0.25) is 0 Å². The number of carbonyl (C=O) groups excluding carboxylic acids is 1. The predicted octanol–water partition coefficient (Wildman–Crippen LogP) is 3.54. The first-order valence-corrected chi connectivity index (χ1v) is 10.4. The van der Waals surface area contributed by atoms with Crippen LogP contribution in [-0.2, 0) is 22.6 Å². The third-order valence-electron chi connectivity index (χ3n) is 3.87. The zero-order valence-electron chi connectivity index (χ0n) is 18.9. The van der Waals surface area contributed by atoms with Crippen molar-refractivity contribution in [1.82, 2.24) is 15.5 Å². The fourth-order valence-corrected chi connectivity index (χ4v) is 2.47. The number of aliphatic imine (C=N–C) groups is 1. The minimum absolute atomic E-state index is 0.322. The lowest BCUT2D eigenvalue weighted by atomic mass is 10.1. The van der Waals surface area contributed by atoms with Gasteiger partial charge in [-0.3, -0.25) is 0 Å². The minimum atomic E-state index is -0.492. The van der Waals surface area contributed by atoms with Crippen molar-refractivity contribution in [3.05, 3.63) is 35.4 Å². The second-order valence-corrected chi connectivity index (χ2v) is 7.83. The molecule has 164 valence electrons. The Balaban J connectivity index is 2.54. The SMILES string of the molecule is CCNC(=NCc1ccc(CN(C)C(=O)OC(C)(C)C)cc1)NCCCOCC. The Kier molecular flexibility index (Phi) is 11.1. The van der Waals surface area contributed by atoms with E-state index in [2.05, 4.69) is 15.6 Å². The maximum Gasteiger partial charge on any atom is 0.410 e. The molecule has 1 amide bonds. The summed E-state index contributed by atoms with van der Waals surface area (Å²) in [5, 5.41) is 6.57. The van der Waals surface area contributed by atoms with Gasteiger partial charge in [0.2, 0.25) is 0 Å². The lowest BCUT2D eigenvalue weighted by Crippen LogP contribution is -2.38. The van der Waals surface area contributed by atoms with Crippen molar-refractivity contribution >= 4 is 12.1 Å². The molecular formula is C22H38N4O3. The Morgan fingerprint density at radius 3 is 2.34 bits per heavy atom. The van der Waals surface area contributed by atoms with E-state index in [1.54, 1.807) is 11.9 Å². The van der Waals surface area contributed by atoms with Crippen molar-refractivity contribution in [1.29, 1.82) is 0 Å². The molecule has 0 saturated carbocycles. The summed E-state index contributed by atoms with van der Waals surface area (Å²) in [5.41, 5.74) is 1.67. The van der Waals surface area contributed by atoms with E-state index in [0.717, 1.165) is 49.8 Å². The molecule has 1 rings (SSSR count). The highest BCUT2D eigenvalue weighted by molar-refractivity contribution is 5.79. The maximum atomic E-state index is 12.1. The Labute approximate surface area is 175 Å². The molecule has 0 bridgehead atoms. The van der Waals surface area contributed by atoms with Crippen LogP contribution in [0.4, 0.5) is 4.79 Å². The minimum Gasteiger partial charge on any atom is -0.444 e. The summed E-state index contributed by atoms with van der Waals surface area (Å²) in [4.78, 5) is 18.3. The van der Waals surface area contributed by atoms with Gasteiger partial charge in [-0.25, -0.2) is 9.79 Å². The van der Waals surface area contributed by atoms with Crippen LogP contribution in [0, 0.1) is 0 Å². The summed E-state index contributed by atoms with van der Waals surface area (Å²) in [5.74, 6) is 0.803. The fourth-order valence-electron chi connectivity index (χ4n) is 2.47. The quantitative estimate of drug-likeness (QED) is 0.353. The number of rotatable bonds is 10. The van der Waals surface area contributed by atoms with Crippen molar-refractivity contribution in [2.24, 2.45) is 4.99 Å². The molecule has 7 nitrogen and oxygen atoms in total. The highest BCUT2D eigenvalue weighted by Gasteiger charge is 2.19. The van der Waals surface area contributed by atoms with Crippen LogP contribution in [0.5, 0.6) is 0 Å². The molecule has 1 aromatic carbocycles. The highest BCUT2D eigenvalue weighted by Crippen LogP contribution is 2.12. The van der Waals surface area contributed by atoms with Gasteiger partial charge in [-0.05, 0) is 52.2 Å². The third-order valence-corrected chi connectivity index (χ3v) is 3.87. The summed E-state index contributed by atoms with van der Waals surface area (Å²) >= 11 is 0. The van der Waals surface area contributed by atoms with Crippen LogP contribution in [-0.4, -0.2) is 55.9 Å². The van der Waals surface area contributed by atoms with E-state index in [-0.39, 0.29) is 6.09 Å². The number of nitrogens with zero attached hydrogens (tertiary/aromatic N) is 2. The van der Waals surface area contributed by atoms with Gasteiger partial charge in [-0.15, -0.1) is 0 Å². The molecule has 0 spiro atoms. The smallest absolute Gasteiger partial charge is 0.410 e. The van der Waals surface area contributed by atoms with Gasteiger partial charge in [0.05, 0.1) is 6.54 Å². The molecule has 0 aliphatic heterocycles. The van der Waals surface area contributed by atoms with Gasteiger partial charge in [-0.1, -0.05) is 24.3 Å². The van der Waals surface area contributed by atoms with E-state index in [9.17, 15) is 4.79 Å². The molecular weight excluding hydrogens is 368 g/mol. The van der Waals surface area contributed by atoms with Gasteiger partial charge in [0, 0.05) is 39.9 Å². The second-order valence-electron chi connectivity index (χ2n) is 7.83. The molecule has 2 N–H and O–H groups in total. The lowest BCUT2D eigenvalue weighted by molar-refractivity contribution is 0.0285. The molecule has 0 aliphatic rings. The molecule has 0 unspecified atom stereocenters. The van der Waals surface area contributed by atoms with E-state index in [1.807, 2.05) is 58.9 Å². The first kappa shape index (κ1) is 24.8. The first-order valence-electron chi connectivity index (χ1n) is 10.4. The number of ether oxygens (including phenoxy) is 2. The molecule has 0 heterocycles. The van der Waals surface area contributed by atoms with Crippen molar-refractivity contribution in [2.75, 3.05) is 33.4 Å². The normalized spacial score (nSPS) is 11.9. The number of guanidine groups is 1. The molecule has 1 aromatic rings. The number of hydrogen-bond acceptors (Lipinski definition) is 4. The summed E-state index contributed by atoms with van der Waals surface area (Å²) < 4.78 is 10.7. The Hall–Kier alpha value is -2.28.